The van der Waals surface area contributed by atoms with Gasteiger partial charge in [0.1, 0.15) is 18.6 Å². The monoisotopic (exact) mass is 572 g/mol. The number of nitrogens with one attached hydrogen (secondary N) is 2. The Morgan fingerprint density at radius 2 is 1.64 bits per heavy atom. The average molecular weight is 573 g/mol. The maximum absolute atomic E-state index is 13.5. The normalized spacial score (nSPS) is 19.9. The largest absolute Gasteiger partial charge is 0.405 e. The number of rotatable bonds is 10. The number of likely N-dealkylation sites (N-methyl/N-ethyl adjacent to an activating group) is 1. The fourth-order valence-corrected chi connectivity index (χ4v) is 4.98. The SMILES string of the molecule is CNC(Cc1ccc(F)cc1)C(=O)N1CCN(C(Cc2ccc(Cl)cc2)C(=O)NCC(F)(F)F)C(C)C1OC. The molecule has 3 rings (SSSR count). The van der Waals surface area contributed by atoms with Crippen LogP contribution in [-0.2, 0) is 27.2 Å². The molecule has 39 heavy (non-hydrogen) atoms. The van der Waals surface area contributed by atoms with Crippen LogP contribution in [0, 0.1) is 5.82 Å². The number of methoxy groups -OCH3 is 1. The quantitative estimate of drug-likeness (QED) is 0.427. The molecule has 1 fully saturated rings. The van der Waals surface area contributed by atoms with Gasteiger partial charge in [-0.25, -0.2) is 4.39 Å². The van der Waals surface area contributed by atoms with Gasteiger partial charge in [-0.15, -0.1) is 0 Å². The van der Waals surface area contributed by atoms with Crippen molar-refractivity contribution in [2.75, 3.05) is 33.8 Å². The van der Waals surface area contributed by atoms with Gasteiger partial charge in [0.15, 0.2) is 0 Å². The first kappa shape index (κ1) is 30.8. The van der Waals surface area contributed by atoms with Gasteiger partial charge in [0.05, 0.1) is 18.1 Å². The van der Waals surface area contributed by atoms with Crippen molar-refractivity contribution in [3.8, 4) is 0 Å². The number of carbonyl (C=O) groups is 2. The van der Waals surface area contributed by atoms with Crippen molar-refractivity contribution in [2.45, 2.75) is 50.3 Å². The molecular weight excluding hydrogens is 540 g/mol. The third-order valence-electron chi connectivity index (χ3n) is 6.87. The van der Waals surface area contributed by atoms with Crippen LogP contribution in [0.4, 0.5) is 17.6 Å². The molecule has 1 heterocycles. The number of ether oxygens (including phenoxy) is 1. The number of halogens is 5. The Bertz CT molecular complexity index is 1100. The Kier molecular flexibility index (Phi) is 10.7. The van der Waals surface area contributed by atoms with Crippen molar-refractivity contribution >= 4 is 23.4 Å². The summed E-state index contributed by atoms with van der Waals surface area (Å²) in [6.45, 7) is 0.745. The van der Waals surface area contributed by atoms with E-state index in [0.717, 1.165) is 11.1 Å². The minimum absolute atomic E-state index is 0.138. The molecular formula is C27H33ClF4N4O3. The van der Waals surface area contributed by atoms with Gasteiger partial charge in [-0.05, 0) is 62.2 Å². The predicted molar refractivity (Wildman–Crippen MR) is 140 cm³/mol. The van der Waals surface area contributed by atoms with Crippen LogP contribution in [0.5, 0.6) is 0 Å². The van der Waals surface area contributed by atoms with E-state index >= 15 is 0 Å². The minimum atomic E-state index is -4.56. The van der Waals surface area contributed by atoms with E-state index in [-0.39, 0.29) is 31.2 Å². The zero-order valence-corrected chi connectivity index (χ0v) is 22.7. The lowest BCUT2D eigenvalue weighted by Gasteiger charge is -2.48. The lowest BCUT2D eigenvalue weighted by molar-refractivity contribution is -0.166. The van der Waals surface area contributed by atoms with E-state index in [1.165, 1.54) is 19.2 Å². The third kappa shape index (κ3) is 8.38. The minimum Gasteiger partial charge on any atom is -0.360 e. The fraction of sp³-hybridized carbons (Fsp3) is 0.481. The summed E-state index contributed by atoms with van der Waals surface area (Å²) in [5, 5.41) is 5.51. The van der Waals surface area contributed by atoms with Crippen LogP contribution in [-0.4, -0.2) is 85.9 Å². The van der Waals surface area contributed by atoms with Crippen LogP contribution >= 0.6 is 11.6 Å². The number of carbonyl (C=O) groups excluding carboxylic acids is 2. The van der Waals surface area contributed by atoms with Crippen LogP contribution < -0.4 is 10.6 Å². The highest BCUT2D eigenvalue weighted by atomic mass is 35.5. The van der Waals surface area contributed by atoms with Crippen LogP contribution in [0.1, 0.15) is 18.1 Å². The van der Waals surface area contributed by atoms with Gasteiger partial charge < -0.3 is 20.3 Å². The topological polar surface area (TPSA) is 73.9 Å². The fourth-order valence-electron chi connectivity index (χ4n) is 4.86. The number of hydrogen-bond donors (Lipinski definition) is 2. The number of nitrogens with zero attached hydrogens (tertiary/aromatic N) is 2. The molecule has 2 aromatic rings. The summed E-state index contributed by atoms with van der Waals surface area (Å²) in [5.41, 5.74) is 1.50. The first-order valence-corrected chi connectivity index (χ1v) is 12.9. The second kappa shape index (κ2) is 13.6. The summed E-state index contributed by atoms with van der Waals surface area (Å²) < 4.78 is 57.6. The van der Waals surface area contributed by atoms with E-state index in [4.69, 9.17) is 16.3 Å². The lowest BCUT2D eigenvalue weighted by Crippen LogP contribution is -2.67. The van der Waals surface area contributed by atoms with E-state index in [2.05, 4.69) is 5.32 Å². The molecule has 4 atom stereocenters. The Morgan fingerprint density at radius 1 is 1.05 bits per heavy atom. The molecule has 2 aromatic carbocycles. The van der Waals surface area contributed by atoms with Crippen molar-refractivity contribution in [1.82, 2.24) is 20.4 Å². The predicted octanol–water partition coefficient (Wildman–Crippen LogP) is 3.40. The molecule has 2 amide bonds. The first-order chi connectivity index (χ1) is 18.4. The molecule has 0 saturated carbocycles. The van der Waals surface area contributed by atoms with E-state index in [9.17, 15) is 27.2 Å². The summed E-state index contributed by atoms with van der Waals surface area (Å²) >= 11 is 5.97. The number of alkyl halides is 3. The number of amides is 2. The molecule has 1 aliphatic heterocycles. The molecule has 0 spiro atoms. The first-order valence-electron chi connectivity index (χ1n) is 12.5. The summed E-state index contributed by atoms with van der Waals surface area (Å²) in [5.74, 6) is -1.38. The van der Waals surface area contributed by atoms with Gasteiger partial charge in [-0.3, -0.25) is 14.5 Å². The van der Waals surface area contributed by atoms with Gasteiger partial charge in [0, 0.05) is 25.2 Å². The molecule has 4 unspecified atom stereocenters. The molecule has 7 nitrogen and oxygen atoms in total. The maximum Gasteiger partial charge on any atom is 0.405 e. The van der Waals surface area contributed by atoms with E-state index < -0.39 is 43.0 Å². The van der Waals surface area contributed by atoms with E-state index in [0.29, 0.717) is 11.4 Å². The molecule has 1 aliphatic rings. The Hall–Kier alpha value is -2.73. The highest BCUT2D eigenvalue weighted by Gasteiger charge is 2.43. The Balaban J connectivity index is 1.80. The molecule has 0 radical (unpaired) electrons. The summed E-state index contributed by atoms with van der Waals surface area (Å²) in [7, 11) is 3.10. The van der Waals surface area contributed by atoms with Crippen molar-refractivity contribution in [2.24, 2.45) is 0 Å². The maximum atomic E-state index is 13.5. The van der Waals surface area contributed by atoms with Crippen molar-refractivity contribution < 1.29 is 31.9 Å². The van der Waals surface area contributed by atoms with Crippen molar-refractivity contribution in [1.29, 1.82) is 0 Å². The second-order valence-corrected chi connectivity index (χ2v) is 9.92. The second-order valence-electron chi connectivity index (χ2n) is 9.49. The molecule has 1 saturated heterocycles. The Labute approximate surface area is 230 Å². The molecule has 214 valence electrons. The molecule has 2 N–H and O–H groups in total. The number of hydrogen-bond acceptors (Lipinski definition) is 5. The van der Waals surface area contributed by atoms with E-state index in [1.807, 2.05) is 5.32 Å². The summed E-state index contributed by atoms with van der Waals surface area (Å²) in [6.07, 6.45) is -4.86. The summed E-state index contributed by atoms with van der Waals surface area (Å²) in [4.78, 5) is 29.9. The molecule has 12 heteroatoms. The van der Waals surface area contributed by atoms with Crippen LogP contribution in [0.25, 0.3) is 0 Å². The Morgan fingerprint density at radius 3 is 2.21 bits per heavy atom. The van der Waals surface area contributed by atoms with Gasteiger partial charge >= 0.3 is 6.18 Å². The van der Waals surface area contributed by atoms with E-state index in [1.54, 1.807) is 60.2 Å². The zero-order chi connectivity index (χ0) is 28.7. The molecule has 0 bridgehead atoms. The molecule has 0 aromatic heterocycles. The van der Waals surface area contributed by atoms with Crippen LogP contribution in [0.2, 0.25) is 5.02 Å². The van der Waals surface area contributed by atoms with Crippen LogP contribution in [0.15, 0.2) is 48.5 Å². The standard InChI is InChI=1S/C27H33ClF4N4O3/c1-17-26(39-3)36(25(38)22(33-2)14-18-6-10-21(29)11-7-18)13-12-35(17)23(24(37)34-16-27(30,31)32)15-19-4-8-20(28)9-5-19/h4-11,17,22-23,26,33H,12-16H2,1-3H3,(H,34,37). The van der Waals surface area contributed by atoms with Crippen molar-refractivity contribution in [3.05, 3.63) is 70.5 Å². The highest BCUT2D eigenvalue weighted by Crippen LogP contribution is 2.25. The van der Waals surface area contributed by atoms with Gasteiger partial charge in [0.2, 0.25) is 11.8 Å². The van der Waals surface area contributed by atoms with Gasteiger partial charge in [-0.2, -0.15) is 13.2 Å². The zero-order valence-electron chi connectivity index (χ0n) is 22.0. The van der Waals surface area contributed by atoms with Crippen molar-refractivity contribution in [3.63, 3.8) is 0 Å². The van der Waals surface area contributed by atoms with Crippen LogP contribution in [0.3, 0.4) is 0 Å². The average Bonchev–Trinajstić information content (AvgIpc) is 2.90. The summed E-state index contributed by atoms with van der Waals surface area (Å²) in [6, 6.07) is 10.5. The molecule has 0 aliphatic carbocycles. The van der Waals surface area contributed by atoms with Gasteiger partial charge in [0.25, 0.3) is 0 Å². The third-order valence-corrected chi connectivity index (χ3v) is 7.13. The van der Waals surface area contributed by atoms with Gasteiger partial charge in [-0.1, -0.05) is 35.9 Å². The lowest BCUT2D eigenvalue weighted by atomic mass is 9.99. The number of benzene rings is 2. The number of piperazine rings is 1. The highest BCUT2D eigenvalue weighted by molar-refractivity contribution is 6.30. The smallest absolute Gasteiger partial charge is 0.360 e.